The molecule has 0 aromatic rings. The molecule has 2 atom stereocenters. The van der Waals surface area contributed by atoms with Crippen molar-refractivity contribution in [1.82, 2.24) is 10.6 Å². The van der Waals surface area contributed by atoms with Crippen molar-refractivity contribution in [2.75, 3.05) is 13.6 Å². The summed E-state index contributed by atoms with van der Waals surface area (Å²) in [6, 6.07) is -0.239. The van der Waals surface area contributed by atoms with E-state index in [1.165, 1.54) is 7.05 Å². The maximum atomic E-state index is 12.8. The van der Waals surface area contributed by atoms with Gasteiger partial charge in [-0.05, 0) is 18.8 Å². The minimum Gasteiger partial charge on any atom is -0.341 e. The highest BCUT2D eigenvalue weighted by atomic mass is 19.3. The van der Waals surface area contributed by atoms with Crippen LogP contribution in [0.3, 0.4) is 0 Å². The fraction of sp³-hybridized carbons (Fsp3) is 0.889. The number of hydrogen-bond acceptors (Lipinski definition) is 1. The SMILES string of the molecule is CNC(=O)NCC1CC2C(C1)C2(F)F. The molecule has 0 saturated heterocycles. The van der Waals surface area contributed by atoms with Crippen LogP contribution in [0.4, 0.5) is 13.6 Å². The predicted molar refractivity (Wildman–Crippen MR) is 47.1 cm³/mol. The number of hydrogen-bond donors (Lipinski definition) is 2. The Bertz CT molecular complexity index is 243. The molecule has 14 heavy (non-hydrogen) atoms. The Morgan fingerprint density at radius 3 is 2.50 bits per heavy atom. The van der Waals surface area contributed by atoms with Crippen molar-refractivity contribution in [1.29, 1.82) is 0 Å². The van der Waals surface area contributed by atoms with Crippen molar-refractivity contribution in [2.24, 2.45) is 17.8 Å². The van der Waals surface area contributed by atoms with Gasteiger partial charge in [0.1, 0.15) is 0 Å². The van der Waals surface area contributed by atoms with E-state index in [0.717, 1.165) is 0 Å². The summed E-state index contributed by atoms with van der Waals surface area (Å²) in [5.41, 5.74) is 0. The van der Waals surface area contributed by atoms with Crippen LogP contribution in [0.15, 0.2) is 0 Å². The predicted octanol–water partition coefficient (Wildman–Crippen LogP) is 1.21. The summed E-state index contributed by atoms with van der Waals surface area (Å²) in [5.74, 6) is -2.97. The molecule has 0 aromatic heterocycles. The van der Waals surface area contributed by atoms with Crippen LogP contribution in [0.5, 0.6) is 0 Å². The molecule has 0 aliphatic heterocycles. The zero-order valence-electron chi connectivity index (χ0n) is 8.02. The molecule has 2 rings (SSSR count). The Morgan fingerprint density at radius 1 is 1.43 bits per heavy atom. The van der Waals surface area contributed by atoms with E-state index in [9.17, 15) is 13.6 Å². The molecule has 2 saturated carbocycles. The molecule has 2 N–H and O–H groups in total. The van der Waals surface area contributed by atoms with Gasteiger partial charge >= 0.3 is 6.03 Å². The Labute approximate surface area is 81.2 Å². The lowest BCUT2D eigenvalue weighted by Gasteiger charge is -2.14. The fourth-order valence-electron chi connectivity index (χ4n) is 2.41. The molecule has 0 heterocycles. The van der Waals surface area contributed by atoms with Crippen molar-refractivity contribution >= 4 is 6.03 Å². The molecule has 5 heteroatoms. The first-order valence-corrected chi connectivity index (χ1v) is 4.89. The number of amides is 2. The largest absolute Gasteiger partial charge is 0.341 e. The van der Waals surface area contributed by atoms with Gasteiger partial charge in [-0.1, -0.05) is 0 Å². The van der Waals surface area contributed by atoms with E-state index in [1.807, 2.05) is 0 Å². The summed E-state index contributed by atoms with van der Waals surface area (Å²) in [4.78, 5) is 10.8. The van der Waals surface area contributed by atoms with E-state index in [2.05, 4.69) is 10.6 Å². The maximum Gasteiger partial charge on any atom is 0.314 e. The lowest BCUT2D eigenvalue weighted by atomic mass is 10.0. The van der Waals surface area contributed by atoms with Crippen molar-refractivity contribution < 1.29 is 13.6 Å². The third-order valence-corrected chi connectivity index (χ3v) is 3.32. The maximum absolute atomic E-state index is 12.8. The number of fused-ring (bicyclic) bond motifs is 1. The Balaban J connectivity index is 1.70. The zero-order valence-corrected chi connectivity index (χ0v) is 8.02. The first kappa shape index (κ1) is 9.68. The molecule has 80 valence electrons. The van der Waals surface area contributed by atoms with Gasteiger partial charge in [0.15, 0.2) is 0 Å². The highest BCUT2D eigenvalue weighted by Crippen LogP contribution is 2.65. The van der Waals surface area contributed by atoms with Gasteiger partial charge in [0.25, 0.3) is 5.92 Å². The standard InChI is InChI=1S/C9H14F2N2O/c1-12-8(14)13-4-5-2-6-7(3-5)9(6,10)11/h5-7H,2-4H2,1H3,(H2,12,13,14). The van der Waals surface area contributed by atoms with Crippen LogP contribution in [0.25, 0.3) is 0 Å². The average Bonchev–Trinajstić information content (AvgIpc) is 2.57. The van der Waals surface area contributed by atoms with E-state index >= 15 is 0 Å². The molecular weight excluding hydrogens is 190 g/mol. The third-order valence-electron chi connectivity index (χ3n) is 3.32. The number of urea groups is 1. The van der Waals surface area contributed by atoms with Gasteiger partial charge in [-0.15, -0.1) is 0 Å². The van der Waals surface area contributed by atoms with Crippen LogP contribution in [-0.4, -0.2) is 25.5 Å². The summed E-state index contributed by atoms with van der Waals surface area (Å²) < 4.78 is 25.6. The molecule has 2 aliphatic carbocycles. The molecule has 3 nitrogen and oxygen atoms in total. The zero-order chi connectivity index (χ0) is 10.3. The monoisotopic (exact) mass is 204 g/mol. The molecular formula is C9H14F2N2O. The normalized spacial score (nSPS) is 37.5. The van der Waals surface area contributed by atoms with E-state index in [-0.39, 0.29) is 11.9 Å². The molecule has 2 amide bonds. The minimum absolute atomic E-state index is 0.238. The van der Waals surface area contributed by atoms with Crippen LogP contribution in [0, 0.1) is 17.8 Å². The number of halogens is 2. The summed E-state index contributed by atoms with van der Waals surface area (Å²) >= 11 is 0. The number of rotatable bonds is 2. The Morgan fingerprint density at radius 2 is 2.00 bits per heavy atom. The van der Waals surface area contributed by atoms with Crippen LogP contribution in [0.1, 0.15) is 12.8 Å². The van der Waals surface area contributed by atoms with E-state index in [1.54, 1.807) is 0 Å². The Kier molecular flexibility index (Phi) is 2.12. The van der Waals surface area contributed by atoms with Crippen molar-refractivity contribution in [3.8, 4) is 0 Å². The smallest absolute Gasteiger partial charge is 0.314 e. The molecule has 2 fully saturated rings. The number of nitrogens with one attached hydrogen (secondary N) is 2. The van der Waals surface area contributed by atoms with Gasteiger partial charge < -0.3 is 10.6 Å². The first-order chi connectivity index (χ1) is 6.55. The van der Waals surface area contributed by atoms with Crippen molar-refractivity contribution in [3.63, 3.8) is 0 Å². The summed E-state index contributed by atoms with van der Waals surface area (Å²) in [6.45, 7) is 0.517. The van der Waals surface area contributed by atoms with Crippen LogP contribution >= 0.6 is 0 Å². The van der Waals surface area contributed by atoms with Crippen LogP contribution in [0.2, 0.25) is 0 Å². The third kappa shape index (κ3) is 1.44. The molecule has 0 spiro atoms. The number of alkyl halides is 2. The first-order valence-electron chi connectivity index (χ1n) is 4.89. The van der Waals surface area contributed by atoms with Crippen molar-refractivity contribution in [2.45, 2.75) is 18.8 Å². The van der Waals surface area contributed by atoms with Crippen molar-refractivity contribution in [3.05, 3.63) is 0 Å². The number of carbonyl (C=O) groups excluding carboxylic acids is 1. The van der Waals surface area contributed by atoms with Gasteiger partial charge in [-0.3, -0.25) is 0 Å². The highest BCUT2D eigenvalue weighted by Gasteiger charge is 2.71. The molecule has 0 aromatic carbocycles. The van der Waals surface area contributed by atoms with Gasteiger partial charge in [0.05, 0.1) is 0 Å². The summed E-state index contributed by atoms with van der Waals surface area (Å²) in [6.07, 6.45) is 1.11. The molecule has 0 bridgehead atoms. The molecule has 2 aliphatic rings. The lowest BCUT2D eigenvalue weighted by molar-refractivity contribution is 0.0640. The summed E-state index contributed by atoms with van der Waals surface area (Å²) in [5, 5.41) is 5.08. The quantitative estimate of drug-likeness (QED) is 0.697. The van der Waals surface area contributed by atoms with Crippen LogP contribution < -0.4 is 10.6 Å². The van der Waals surface area contributed by atoms with E-state index in [0.29, 0.717) is 19.4 Å². The van der Waals surface area contributed by atoms with Gasteiger partial charge in [0.2, 0.25) is 0 Å². The average molecular weight is 204 g/mol. The van der Waals surface area contributed by atoms with E-state index < -0.39 is 17.8 Å². The van der Waals surface area contributed by atoms with E-state index in [4.69, 9.17) is 0 Å². The fourth-order valence-corrected chi connectivity index (χ4v) is 2.41. The molecule has 0 radical (unpaired) electrons. The number of carbonyl (C=O) groups is 1. The van der Waals surface area contributed by atoms with Gasteiger partial charge in [-0.2, -0.15) is 0 Å². The topological polar surface area (TPSA) is 41.1 Å². The lowest BCUT2D eigenvalue weighted by Crippen LogP contribution is -2.36. The highest BCUT2D eigenvalue weighted by molar-refractivity contribution is 5.73. The second kappa shape index (κ2) is 3.07. The van der Waals surface area contributed by atoms with Gasteiger partial charge in [0, 0.05) is 25.4 Å². The molecule has 2 unspecified atom stereocenters. The minimum atomic E-state index is -2.40. The van der Waals surface area contributed by atoms with Gasteiger partial charge in [-0.25, -0.2) is 13.6 Å². The van der Waals surface area contributed by atoms with Crippen LogP contribution in [-0.2, 0) is 0 Å². The Hall–Kier alpha value is -0.870. The summed E-state index contributed by atoms with van der Waals surface area (Å²) in [7, 11) is 1.54. The second-order valence-electron chi connectivity index (χ2n) is 4.18. The second-order valence-corrected chi connectivity index (χ2v) is 4.18.